The van der Waals surface area contributed by atoms with Crippen LogP contribution in [0.1, 0.15) is 19.4 Å². The normalized spacial score (nSPS) is 7.00. The minimum Gasteiger partial charge on any atom is -0.508 e. The third-order valence-corrected chi connectivity index (χ3v) is 1.12. The van der Waals surface area contributed by atoms with E-state index in [4.69, 9.17) is 15.0 Å². The SMILES string of the molecule is CC.Cc1ccccc1O.O=CO. The van der Waals surface area contributed by atoms with E-state index >= 15 is 0 Å². The van der Waals surface area contributed by atoms with Crippen LogP contribution in [0.5, 0.6) is 5.75 Å². The molecule has 2 N–H and O–H groups in total. The predicted molar refractivity (Wildman–Crippen MR) is 52.9 cm³/mol. The summed E-state index contributed by atoms with van der Waals surface area (Å²) < 4.78 is 0. The van der Waals surface area contributed by atoms with Crippen molar-refractivity contribution >= 4 is 6.47 Å². The maximum Gasteiger partial charge on any atom is 0.290 e. The Hall–Kier alpha value is -1.51. The van der Waals surface area contributed by atoms with Gasteiger partial charge in [0, 0.05) is 0 Å². The number of benzene rings is 1. The average Bonchev–Trinajstić information content (AvgIpc) is 2.15. The molecular weight excluding hydrogens is 168 g/mol. The van der Waals surface area contributed by atoms with E-state index in [9.17, 15) is 0 Å². The predicted octanol–water partition coefficient (Wildman–Crippen LogP) is 2.43. The maximum absolute atomic E-state index is 8.92. The van der Waals surface area contributed by atoms with Gasteiger partial charge in [-0.1, -0.05) is 32.0 Å². The van der Waals surface area contributed by atoms with Gasteiger partial charge in [0.25, 0.3) is 6.47 Å². The summed E-state index contributed by atoms with van der Waals surface area (Å²) in [5.74, 6) is 0.368. The summed E-state index contributed by atoms with van der Waals surface area (Å²) in [6, 6.07) is 7.25. The van der Waals surface area contributed by atoms with Gasteiger partial charge in [-0.3, -0.25) is 4.79 Å². The molecule has 0 heterocycles. The lowest BCUT2D eigenvalue weighted by atomic mass is 10.2. The van der Waals surface area contributed by atoms with E-state index < -0.39 is 0 Å². The van der Waals surface area contributed by atoms with Crippen molar-refractivity contribution < 1.29 is 15.0 Å². The number of para-hydroxylation sites is 1. The van der Waals surface area contributed by atoms with E-state index in [1.165, 1.54) is 0 Å². The fourth-order valence-electron chi connectivity index (χ4n) is 0.563. The molecule has 0 aliphatic carbocycles. The minimum atomic E-state index is -0.250. The first kappa shape index (κ1) is 14.0. The summed E-state index contributed by atoms with van der Waals surface area (Å²) >= 11 is 0. The Bertz CT molecular complexity index is 200. The molecular formula is C10H16O3. The molecule has 0 atom stereocenters. The first-order valence-corrected chi connectivity index (χ1v) is 4.04. The van der Waals surface area contributed by atoms with Gasteiger partial charge in [-0.2, -0.15) is 0 Å². The Kier molecular flexibility index (Phi) is 11.3. The first-order valence-electron chi connectivity index (χ1n) is 4.04. The van der Waals surface area contributed by atoms with Gasteiger partial charge in [-0.25, -0.2) is 0 Å². The molecule has 0 aromatic heterocycles. The van der Waals surface area contributed by atoms with Gasteiger partial charge in [0.05, 0.1) is 0 Å². The van der Waals surface area contributed by atoms with E-state index in [2.05, 4.69) is 0 Å². The average molecular weight is 184 g/mol. The van der Waals surface area contributed by atoms with Gasteiger partial charge in [-0.05, 0) is 18.6 Å². The van der Waals surface area contributed by atoms with Crippen molar-refractivity contribution in [1.29, 1.82) is 0 Å². The molecule has 74 valence electrons. The van der Waals surface area contributed by atoms with Crippen LogP contribution in [0.3, 0.4) is 0 Å². The van der Waals surface area contributed by atoms with Crippen LogP contribution in [0.25, 0.3) is 0 Å². The zero-order valence-corrected chi connectivity index (χ0v) is 8.19. The summed E-state index contributed by atoms with van der Waals surface area (Å²) in [5, 5.41) is 15.8. The molecule has 0 unspecified atom stereocenters. The van der Waals surface area contributed by atoms with Crippen molar-refractivity contribution in [2.45, 2.75) is 20.8 Å². The van der Waals surface area contributed by atoms with Crippen LogP contribution in [0, 0.1) is 6.92 Å². The fourth-order valence-corrected chi connectivity index (χ4v) is 0.563. The molecule has 0 saturated carbocycles. The summed E-state index contributed by atoms with van der Waals surface area (Å²) in [7, 11) is 0. The second kappa shape index (κ2) is 10.5. The van der Waals surface area contributed by atoms with Crippen molar-refractivity contribution in [3.8, 4) is 5.75 Å². The Morgan fingerprint density at radius 3 is 1.85 bits per heavy atom. The number of aromatic hydroxyl groups is 1. The van der Waals surface area contributed by atoms with E-state index in [0.717, 1.165) is 5.56 Å². The van der Waals surface area contributed by atoms with Crippen molar-refractivity contribution in [2.24, 2.45) is 0 Å². The highest BCUT2D eigenvalue weighted by molar-refractivity contribution is 5.32. The fraction of sp³-hybridized carbons (Fsp3) is 0.300. The van der Waals surface area contributed by atoms with Crippen LogP contribution in [0.2, 0.25) is 0 Å². The summed E-state index contributed by atoms with van der Waals surface area (Å²) in [5.41, 5.74) is 0.924. The van der Waals surface area contributed by atoms with E-state index in [0.29, 0.717) is 5.75 Å². The second-order valence-electron chi connectivity index (χ2n) is 1.89. The number of hydrogen-bond donors (Lipinski definition) is 2. The number of phenols is 1. The molecule has 0 saturated heterocycles. The van der Waals surface area contributed by atoms with Gasteiger partial charge in [-0.15, -0.1) is 0 Å². The molecule has 0 fully saturated rings. The topological polar surface area (TPSA) is 57.5 Å². The van der Waals surface area contributed by atoms with Crippen molar-refractivity contribution in [2.75, 3.05) is 0 Å². The zero-order chi connectivity index (χ0) is 10.7. The van der Waals surface area contributed by atoms with Crippen LogP contribution in [-0.2, 0) is 4.79 Å². The molecule has 0 radical (unpaired) electrons. The number of carboxylic acid groups (broad SMARTS) is 1. The third-order valence-electron chi connectivity index (χ3n) is 1.12. The van der Waals surface area contributed by atoms with Crippen molar-refractivity contribution in [3.05, 3.63) is 29.8 Å². The highest BCUT2D eigenvalue weighted by atomic mass is 16.3. The quantitative estimate of drug-likeness (QED) is 0.609. The van der Waals surface area contributed by atoms with Crippen LogP contribution >= 0.6 is 0 Å². The molecule has 3 heteroatoms. The van der Waals surface area contributed by atoms with Gasteiger partial charge >= 0.3 is 0 Å². The molecule has 1 aromatic carbocycles. The summed E-state index contributed by atoms with van der Waals surface area (Å²) in [6.45, 7) is 5.62. The largest absolute Gasteiger partial charge is 0.508 e. The standard InChI is InChI=1S/C7H8O.C2H6.CH2O2/c1-6-4-2-3-5-7(6)8;1-2;2-1-3/h2-5,8H,1H3;1-2H3;1H,(H,2,3). The lowest BCUT2D eigenvalue weighted by molar-refractivity contribution is -0.122. The molecule has 0 aliphatic heterocycles. The van der Waals surface area contributed by atoms with Crippen LogP contribution in [-0.4, -0.2) is 16.7 Å². The number of carbonyl (C=O) groups is 1. The van der Waals surface area contributed by atoms with Crippen molar-refractivity contribution in [3.63, 3.8) is 0 Å². The van der Waals surface area contributed by atoms with Crippen LogP contribution in [0.4, 0.5) is 0 Å². The number of aryl methyl sites for hydroxylation is 1. The lowest BCUT2D eigenvalue weighted by Gasteiger charge is -1.92. The maximum atomic E-state index is 8.92. The molecule has 1 aromatic rings. The van der Waals surface area contributed by atoms with Gasteiger partial charge in [0.2, 0.25) is 0 Å². The zero-order valence-electron chi connectivity index (χ0n) is 8.19. The summed E-state index contributed by atoms with van der Waals surface area (Å²) in [4.78, 5) is 8.36. The molecule has 1 rings (SSSR count). The molecule has 0 bridgehead atoms. The molecule has 0 spiro atoms. The van der Waals surface area contributed by atoms with E-state index in [1.807, 2.05) is 39.0 Å². The van der Waals surface area contributed by atoms with Gasteiger partial charge < -0.3 is 10.2 Å². The number of phenolic OH excluding ortho intramolecular Hbond substituents is 1. The smallest absolute Gasteiger partial charge is 0.290 e. The van der Waals surface area contributed by atoms with Crippen molar-refractivity contribution in [1.82, 2.24) is 0 Å². The van der Waals surface area contributed by atoms with Gasteiger partial charge in [0.15, 0.2) is 0 Å². The molecule has 3 nitrogen and oxygen atoms in total. The molecule has 0 amide bonds. The van der Waals surface area contributed by atoms with E-state index in [1.54, 1.807) is 6.07 Å². The van der Waals surface area contributed by atoms with Crippen LogP contribution in [0.15, 0.2) is 24.3 Å². The minimum absolute atomic E-state index is 0.250. The van der Waals surface area contributed by atoms with Gasteiger partial charge in [0.1, 0.15) is 5.75 Å². The third kappa shape index (κ3) is 8.40. The van der Waals surface area contributed by atoms with Crippen LogP contribution < -0.4 is 0 Å². The number of rotatable bonds is 0. The lowest BCUT2D eigenvalue weighted by Crippen LogP contribution is -1.68. The molecule has 0 aliphatic rings. The summed E-state index contributed by atoms with van der Waals surface area (Å²) in [6.07, 6.45) is 0. The Morgan fingerprint density at radius 1 is 1.23 bits per heavy atom. The first-order chi connectivity index (χ1) is 6.22. The highest BCUT2D eigenvalue weighted by Crippen LogP contribution is 2.12. The molecule has 13 heavy (non-hydrogen) atoms. The number of hydrogen-bond acceptors (Lipinski definition) is 2. The van der Waals surface area contributed by atoms with E-state index in [-0.39, 0.29) is 6.47 Å². The Morgan fingerprint density at radius 2 is 1.62 bits per heavy atom. The Balaban J connectivity index is 0. The second-order valence-corrected chi connectivity index (χ2v) is 1.89. The Labute approximate surface area is 78.7 Å². The monoisotopic (exact) mass is 184 g/mol. The highest BCUT2D eigenvalue weighted by Gasteiger charge is 1.86.